The Kier molecular flexibility index (Phi) is 7.18. The van der Waals surface area contributed by atoms with Crippen molar-refractivity contribution in [3.8, 4) is 0 Å². The van der Waals surface area contributed by atoms with Crippen LogP contribution in [0.25, 0.3) is 0 Å². The van der Waals surface area contributed by atoms with Crippen molar-refractivity contribution in [3.63, 3.8) is 0 Å². The topological polar surface area (TPSA) is 47.6 Å². The van der Waals surface area contributed by atoms with Crippen molar-refractivity contribution in [2.24, 2.45) is 0 Å². The number of carbonyl (C=O) groups excluding carboxylic acids is 1. The van der Waals surface area contributed by atoms with Gasteiger partial charge in [-0.2, -0.15) is 11.8 Å². The molecule has 4 nitrogen and oxygen atoms in total. The van der Waals surface area contributed by atoms with Crippen LogP contribution >= 0.6 is 11.8 Å². The monoisotopic (exact) mass is 289 g/mol. The van der Waals surface area contributed by atoms with E-state index < -0.39 is 5.54 Å². The van der Waals surface area contributed by atoms with Gasteiger partial charge < -0.3 is 14.8 Å². The van der Waals surface area contributed by atoms with E-state index in [9.17, 15) is 4.79 Å². The van der Waals surface area contributed by atoms with Gasteiger partial charge in [-0.05, 0) is 40.2 Å². The molecule has 0 bridgehead atoms. The zero-order valence-corrected chi connectivity index (χ0v) is 13.3. The minimum Gasteiger partial charge on any atom is -0.465 e. The van der Waals surface area contributed by atoms with E-state index in [2.05, 4.69) is 19.2 Å². The number of hydrogen-bond donors (Lipinski definition) is 1. The van der Waals surface area contributed by atoms with Crippen LogP contribution in [0.15, 0.2) is 0 Å². The summed E-state index contributed by atoms with van der Waals surface area (Å²) < 4.78 is 10.8. The number of carbonyl (C=O) groups is 1. The smallest absolute Gasteiger partial charge is 0.326 e. The van der Waals surface area contributed by atoms with Crippen molar-refractivity contribution in [3.05, 3.63) is 0 Å². The Morgan fingerprint density at radius 2 is 2.26 bits per heavy atom. The summed E-state index contributed by atoms with van der Waals surface area (Å²) in [6, 6.07) is 0. The average molecular weight is 289 g/mol. The lowest BCUT2D eigenvalue weighted by Gasteiger charge is -2.29. The minimum absolute atomic E-state index is 0.150. The summed E-state index contributed by atoms with van der Waals surface area (Å²) in [5, 5.41) is 3.82. The molecular formula is C14H27NO3S. The van der Waals surface area contributed by atoms with Crippen LogP contribution in [0.1, 0.15) is 40.5 Å². The van der Waals surface area contributed by atoms with E-state index in [1.54, 1.807) is 0 Å². The molecule has 1 aliphatic heterocycles. The minimum atomic E-state index is -0.598. The second-order valence-electron chi connectivity index (χ2n) is 5.19. The highest BCUT2D eigenvalue weighted by Crippen LogP contribution is 2.29. The summed E-state index contributed by atoms with van der Waals surface area (Å²) in [6.45, 7) is 10.1. The molecule has 0 radical (unpaired) electrons. The first-order chi connectivity index (χ1) is 9.03. The third-order valence-electron chi connectivity index (χ3n) is 3.38. The third kappa shape index (κ3) is 4.97. The van der Waals surface area contributed by atoms with Crippen LogP contribution in [0.4, 0.5) is 0 Å². The highest BCUT2D eigenvalue weighted by atomic mass is 32.2. The highest BCUT2D eigenvalue weighted by Gasteiger charge is 2.36. The molecule has 0 saturated carbocycles. The number of thioether (sulfide) groups is 1. The van der Waals surface area contributed by atoms with Gasteiger partial charge in [-0.25, -0.2) is 0 Å². The summed E-state index contributed by atoms with van der Waals surface area (Å²) >= 11 is 1.82. The summed E-state index contributed by atoms with van der Waals surface area (Å²) in [6.07, 6.45) is 2.35. The van der Waals surface area contributed by atoms with Crippen LogP contribution in [0.2, 0.25) is 0 Å². The Morgan fingerprint density at radius 1 is 1.53 bits per heavy atom. The second-order valence-corrected chi connectivity index (χ2v) is 6.42. The van der Waals surface area contributed by atoms with Gasteiger partial charge in [0.15, 0.2) is 0 Å². The van der Waals surface area contributed by atoms with Crippen LogP contribution in [0.3, 0.4) is 0 Å². The number of hydrogen-bond acceptors (Lipinski definition) is 5. The Labute approximate surface area is 121 Å². The van der Waals surface area contributed by atoms with Gasteiger partial charge in [0.2, 0.25) is 0 Å². The molecule has 1 rings (SSSR count). The molecule has 112 valence electrons. The van der Waals surface area contributed by atoms with Gasteiger partial charge in [-0.1, -0.05) is 6.92 Å². The number of nitrogens with one attached hydrogen (secondary N) is 1. The molecular weight excluding hydrogens is 262 g/mol. The predicted molar refractivity (Wildman–Crippen MR) is 79.6 cm³/mol. The molecule has 1 saturated heterocycles. The molecule has 1 fully saturated rings. The summed E-state index contributed by atoms with van der Waals surface area (Å²) in [7, 11) is 0. The molecule has 1 aliphatic rings. The highest BCUT2D eigenvalue weighted by molar-refractivity contribution is 8.00. The van der Waals surface area contributed by atoms with Crippen molar-refractivity contribution in [2.45, 2.75) is 57.4 Å². The van der Waals surface area contributed by atoms with Gasteiger partial charge in [-0.15, -0.1) is 0 Å². The molecule has 0 aromatic carbocycles. The molecule has 3 atom stereocenters. The van der Waals surface area contributed by atoms with Crippen LogP contribution in [0, 0.1) is 0 Å². The molecule has 5 heteroatoms. The van der Waals surface area contributed by atoms with E-state index in [1.165, 1.54) is 0 Å². The lowest BCUT2D eigenvalue weighted by molar-refractivity contribution is -0.149. The van der Waals surface area contributed by atoms with Crippen molar-refractivity contribution in [1.82, 2.24) is 5.32 Å². The molecule has 0 aromatic rings. The summed E-state index contributed by atoms with van der Waals surface area (Å²) in [4.78, 5) is 12.1. The molecule has 1 N–H and O–H groups in total. The SMILES string of the molecule is CCCNC(C)(CSC1CCOC1C)C(=O)OCC. The van der Waals surface area contributed by atoms with Gasteiger partial charge in [-0.3, -0.25) is 4.79 Å². The Bertz CT molecular complexity index is 288. The van der Waals surface area contributed by atoms with Crippen molar-refractivity contribution >= 4 is 17.7 Å². The summed E-state index contributed by atoms with van der Waals surface area (Å²) in [5.41, 5.74) is -0.598. The first-order valence-electron chi connectivity index (χ1n) is 7.19. The quantitative estimate of drug-likeness (QED) is 0.694. The lowest BCUT2D eigenvalue weighted by atomic mass is 10.1. The Hall–Kier alpha value is -0.260. The Morgan fingerprint density at radius 3 is 2.79 bits per heavy atom. The maximum absolute atomic E-state index is 12.1. The van der Waals surface area contributed by atoms with E-state index >= 15 is 0 Å². The Balaban J connectivity index is 2.54. The van der Waals surface area contributed by atoms with E-state index in [0.29, 0.717) is 11.9 Å². The average Bonchev–Trinajstić information content (AvgIpc) is 2.80. The van der Waals surface area contributed by atoms with E-state index in [4.69, 9.17) is 9.47 Å². The molecule has 0 aromatic heterocycles. The number of ether oxygens (including phenoxy) is 2. The fraction of sp³-hybridized carbons (Fsp3) is 0.929. The van der Waals surface area contributed by atoms with Gasteiger partial charge >= 0.3 is 5.97 Å². The molecule has 0 aliphatic carbocycles. The first kappa shape index (κ1) is 16.8. The molecule has 1 heterocycles. The largest absolute Gasteiger partial charge is 0.465 e. The maximum Gasteiger partial charge on any atom is 0.326 e. The molecule has 0 amide bonds. The zero-order valence-electron chi connectivity index (χ0n) is 12.5. The van der Waals surface area contributed by atoms with Gasteiger partial charge in [0, 0.05) is 17.6 Å². The van der Waals surface area contributed by atoms with Crippen molar-refractivity contribution in [1.29, 1.82) is 0 Å². The van der Waals surface area contributed by atoms with Crippen molar-refractivity contribution in [2.75, 3.05) is 25.5 Å². The van der Waals surface area contributed by atoms with Gasteiger partial charge in [0.05, 0.1) is 12.7 Å². The van der Waals surface area contributed by atoms with E-state index in [-0.39, 0.29) is 12.1 Å². The third-order valence-corrected chi connectivity index (χ3v) is 5.18. The van der Waals surface area contributed by atoms with Gasteiger partial charge in [0.1, 0.15) is 5.54 Å². The number of esters is 1. The van der Waals surface area contributed by atoms with Crippen molar-refractivity contribution < 1.29 is 14.3 Å². The standard InChI is InChI=1S/C14H27NO3S/c1-5-8-15-14(4,13(16)17-6-2)10-19-12-7-9-18-11(12)3/h11-12,15H,5-10H2,1-4H3. The van der Waals surface area contributed by atoms with Crippen LogP contribution in [-0.4, -0.2) is 48.4 Å². The predicted octanol–water partition coefficient (Wildman–Crippen LogP) is 2.22. The first-order valence-corrected chi connectivity index (χ1v) is 8.23. The second kappa shape index (κ2) is 8.12. The maximum atomic E-state index is 12.1. The van der Waals surface area contributed by atoms with Gasteiger partial charge in [0.25, 0.3) is 0 Å². The summed E-state index contributed by atoms with van der Waals surface area (Å²) in [5.74, 6) is 0.576. The number of rotatable bonds is 8. The molecule has 3 unspecified atom stereocenters. The van der Waals surface area contributed by atoms with Crippen LogP contribution in [-0.2, 0) is 14.3 Å². The normalized spacial score (nSPS) is 26.1. The molecule has 19 heavy (non-hydrogen) atoms. The van der Waals surface area contributed by atoms with E-state index in [0.717, 1.165) is 31.7 Å². The lowest BCUT2D eigenvalue weighted by Crippen LogP contribution is -2.53. The van der Waals surface area contributed by atoms with Crippen LogP contribution < -0.4 is 5.32 Å². The molecule has 0 spiro atoms. The zero-order chi connectivity index (χ0) is 14.3. The van der Waals surface area contributed by atoms with Crippen LogP contribution in [0.5, 0.6) is 0 Å². The van der Waals surface area contributed by atoms with E-state index in [1.807, 2.05) is 25.6 Å². The fourth-order valence-electron chi connectivity index (χ4n) is 2.08. The fourth-order valence-corrected chi connectivity index (χ4v) is 3.46.